The minimum Gasteiger partial charge on any atom is -0.494 e. The molecule has 1 N–H and O–H groups in total. The maximum absolute atomic E-state index is 11.9. The molecule has 0 saturated carbocycles. The molecular weight excluding hydrogens is 438 g/mol. The van der Waals surface area contributed by atoms with Gasteiger partial charge in [0, 0.05) is 12.8 Å². The quantitative estimate of drug-likeness (QED) is 0.444. The van der Waals surface area contributed by atoms with Crippen LogP contribution in [0.1, 0.15) is 30.7 Å². The van der Waals surface area contributed by atoms with Crippen LogP contribution in [0.2, 0.25) is 0 Å². The smallest absolute Gasteiger partial charge is 0.348 e. The highest BCUT2D eigenvalue weighted by Gasteiger charge is 2.36. The molecular formula is C26H27NO5S. The summed E-state index contributed by atoms with van der Waals surface area (Å²) in [7, 11) is 0. The SMILES string of the molecule is CC1OC(c2cccs2)=NC1CCOc1ccc(C[C@](C)(Oc2ccccc2)C(=O)O)cc1. The number of hydrogen-bond acceptors (Lipinski definition) is 6. The van der Waals surface area contributed by atoms with E-state index in [-0.39, 0.29) is 18.6 Å². The highest BCUT2D eigenvalue weighted by atomic mass is 32.1. The summed E-state index contributed by atoms with van der Waals surface area (Å²) in [5.74, 6) is 0.958. The lowest BCUT2D eigenvalue weighted by Crippen LogP contribution is -2.43. The number of nitrogens with zero attached hydrogens (tertiary/aromatic N) is 1. The van der Waals surface area contributed by atoms with Gasteiger partial charge in [0.25, 0.3) is 0 Å². The third kappa shape index (κ3) is 5.73. The number of carbonyl (C=O) groups is 1. The van der Waals surface area contributed by atoms with Gasteiger partial charge in [-0.15, -0.1) is 11.3 Å². The minimum atomic E-state index is -1.37. The molecule has 0 aliphatic carbocycles. The fourth-order valence-corrected chi connectivity index (χ4v) is 4.32. The highest BCUT2D eigenvalue weighted by molar-refractivity contribution is 7.12. The zero-order valence-corrected chi connectivity index (χ0v) is 19.5. The number of hydrogen-bond donors (Lipinski definition) is 1. The highest BCUT2D eigenvalue weighted by Crippen LogP contribution is 2.25. The van der Waals surface area contributed by atoms with Crippen LogP contribution >= 0.6 is 11.3 Å². The van der Waals surface area contributed by atoms with Crippen LogP contribution in [0.5, 0.6) is 11.5 Å². The summed E-state index contributed by atoms with van der Waals surface area (Å²) in [6.45, 7) is 4.13. The number of carboxylic acid groups (broad SMARTS) is 1. The molecule has 1 aromatic heterocycles. The van der Waals surface area contributed by atoms with E-state index in [1.54, 1.807) is 30.4 Å². The Morgan fingerprint density at radius 3 is 2.52 bits per heavy atom. The van der Waals surface area contributed by atoms with E-state index in [1.165, 1.54) is 0 Å². The van der Waals surface area contributed by atoms with Crippen LogP contribution in [0.4, 0.5) is 0 Å². The maximum Gasteiger partial charge on any atom is 0.348 e. The summed E-state index contributed by atoms with van der Waals surface area (Å²) in [5.41, 5.74) is -0.521. The van der Waals surface area contributed by atoms with Crippen molar-refractivity contribution in [2.75, 3.05) is 6.61 Å². The molecule has 7 heteroatoms. The van der Waals surface area contributed by atoms with Crippen LogP contribution < -0.4 is 9.47 Å². The molecule has 0 radical (unpaired) electrons. The number of thiophene rings is 1. The topological polar surface area (TPSA) is 77.3 Å². The average Bonchev–Trinajstić information content (AvgIpc) is 3.46. The van der Waals surface area contributed by atoms with Gasteiger partial charge >= 0.3 is 5.97 Å². The Kier molecular flexibility index (Phi) is 6.99. The van der Waals surface area contributed by atoms with Crippen molar-refractivity contribution in [3.05, 3.63) is 82.6 Å². The largest absolute Gasteiger partial charge is 0.494 e. The van der Waals surface area contributed by atoms with Gasteiger partial charge in [0.1, 0.15) is 17.6 Å². The Balaban J connectivity index is 1.31. The molecule has 172 valence electrons. The third-order valence-electron chi connectivity index (χ3n) is 5.54. The molecule has 3 aromatic rings. The number of rotatable bonds is 10. The molecule has 1 aliphatic rings. The molecule has 6 nitrogen and oxygen atoms in total. The van der Waals surface area contributed by atoms with Crippen molar-refractivity contribution in [2.45, 2.75) is 44.4 Å². The van der Waals surface area contributed by atoms with E-state index in [1.807, 2.05) is 66.9 Å². The fourth-order valence-electron chi connectivity index (χ4n) is 3.66. The first-order valence-electron chi connectivity index (χ1n) is 10.9. The van der Waals surface area contributed by atoms with Gasteiger partial charge < -0.3 is 19.3 Å². The Labute approximate surface area is 197 Å². The van der Waals surface area contributed by atoms with Crippen molar-refractivity contribution < 1.29 is 24.1 Å². The molecule has 3 atom stereocenters. The van der Waals surface area contributed by atoms with E-state index in [0.717, 1.165) is 22.6 Å². The van der Waals surface area contributed by atoms with Gasteiger partial charge in [-0.3, -0.25) is 0 Å². The van der Waals surface area contributed by atoms with Gasteiger partial charge in [0.2, 0.25) is 11.5 Å². The van der Waals surface area contributed by atoms with Gasteiger partial charge in [-0.2, -0.15) is 0 Å². The Morgan fingerprint density at radius 2 is 1.85 bits per heavy atom. The van der Waals surface area contributed by atoms with Gasteiger partial charge in [0.05, 0.1) is 17.5 Å². The first kappa shape index (κ1) is 22.9. The minimum absolute atomic E-state index is 0.0198. The summed E-state index contributed by atoms with van der Waals surface area (Å²) >= 11 is 1.62. The zero-order chi connectivity index (χ0) is 23.3. The molecule has 2 aromatic carbocycles. The number of para-hydroxylation sites is 1. The van der Waals surface area contributed by atoms with E-state index in [2.05, 4.69) is 0 Å². The Hall–Kier alpha value is -3.32. The Morgan fingerprint density at radius 1 is 1.09 bits per heavy atom. The van der Waals surface area contributed by atoms with Crippen molar-refractivity contribution in [1.82, 2.24) is 0 Å². The Bertz CT molecular complexity index is 1080. The van der Waals surface area contributed by atoms with E-state index in [0.29, 0.717) is 18.3 Å². The molecule has 0 amide bonds. The molecule has 33 heavy (non-hydrogen) atoms. The van der Waals surface area contributed by atoms with Gasteiger partial charge in [-0.05, 0) is 55.1 Å². The van der Waals surface area contributed by atoms with Gasteiger partial charge in [-0.1, -0.05) is 36.4 Å². The van der Waals surface area contributed by atoms with E-state index >= 15 is 0 Å². The zero-order valence-electron chi connectivity index (χ0n) is 18.6. The molecule has 0 spiro atoms. The van der Waals surface area contributed by atoms with Crippen LogP contribution in [0.15, 0.2) is 77.1 Å². The molecule has 4 rings (SSSR count). The number of ether oxygens (including phenoxy) is 3. The fraction of sp³-hybridized carbons (Fsp3) is 0.308. The lowest BCUT2D eigenvalue weighted by Gasteiger charge is -2.26. The van der Waals surface area contributed by atoms with Crippen molar-refractivity contribution in [1.29, 1.82) is 0 Å². The van der Waals surface area contributed by atoms with Crippen LogP contribution in [0.3, 0.4) is 0 Å². The van der Waals surface area contributed by atoms with Crippen LogP contribution in [-0.4, -0.2) is 41.3 Å². The summed E-state index contributed by atoms with van der Waals surface area (Å²) in [6.07, 6.45) is 1.00. The summed E-state index contributed by atoms with van der Waals surface area (Å²) in [4.78, 5) is 17.7. The van der Waals surface area contributed by atoms with Crippen LogP contribution in [0.25, 0.3) is 0 Å². The first-order chi connectivity index (χ1) is 15.9. The molecule has 2 unspecified atom stereocenters. The lowest BCUT2D eigenvalue weighted by atomic mass is 9.96. The van der Waals surface area contributed by atoms with Crippen molar-refractivity contribution >= 4 is 23.2 Å². The second-order valence-corrected chi connectivity index (χ2v) is 9.16. The predicted molar refractivity (Wildman–Crippen MR) is 129 cm³/mol. The molecule has 0 saturated heterocycles. The van der Waals surface area contributed by atoms with Gasteiger partial charge in [0.15, 0.2) is 0 Å². The predicted octanol–water partition coefficient (Wildman–Crippen LogP) is 5.22. The summed E-state index contributed by atoms with van der Waals surface area (Å²) < 4.78 is 17.6. The average molecular weight is 466 g/mol. The van der Waals surface area contributed by atoms with Crippen molar-refractivity contribution in [3.8, 4) is 11.5 Å². The molecule has 2 heterocycles. The monoisotopic (exact) mass is 465 g/mol. The van der Waals surface area contributed by atoms with Crippen LogP contribution in [-0.2, 0) is 16.0 Å². The van der Waals surface area contributed by atoms with E-state index in [9.17, 15) is 9.90 Å². The van der Waals surface area contributed by atoms with Crippen molar-refractivity contribution in [2.24, 2.45) is 4.99 Å². The number of aliphatic imine (C=N–C) groups is 1. The molecule has 0 fully saturated rings. The van der Waals surface area contributed by atoms with E-state index < -0.39 is 11.6 Å². The van der Waals surface area contributed by atoms with Crippen LogP contribution in [0, 0.1) is 0 Å². The summed E-state index contributed by atoms with van der Waals surface area (Å²) in [5, 5.41) is 11.8. The second-order valence-electron chi connectivity index (χ2n) is 8.21. The number of benzene rings is 2. The lowest BCUT2D eigenvalue weighted by molar-refractivity contribution is -0.153. The maximum atomic E-state index is 11.9. The normalized spacial score (nSPS) is 19.3. The number of carboxylic acids is 1. The second kappa shape index (κ2) is 10.1. The molecule has 0 bridgehead atoms. The molecule has 1 aliphatic heterocycles. The summed E-state index contributed by atoms with van der Waals surface area (Å²) in [6, 6.07) is 20.5. The number of aliphatic carboxylic acids is 1. The first-order valence-corrected chi connectivity index (χ1v) is 11.8. The third-order valence-corrected chi connectivity index (χ3v) is 6.40. The standard InChI is InChI=1S/C26H27NO5S/c1-18-22(27-24(31-18)23-9-6-16-33-23)14-15-30-20-12-10-19(11-13-20)17-26(2,25(28)29)32-21-7-4-3-5-8-21/h3-13,16,18,22H,14-15,17H2,1-2H3,(H,28,29)/t18?,22?,26-/m0/s1. The van der Waals surface area contributed by atoms with Crippen molar-refractivity contribution in [3.63, 3.8) is 0 Å². The van der Waals surface area contributed by atoms with E-state index in [4.69, 9.17) is 19.2 Å². The van der Waals surface area contributed by atoms with Gasteiger partial charge in [-0.25, -0.2) is 9.79 Å².